The van der Waals surface area contributed by atoms with Crippen LogP contribution in [0.1, 0.15) is 36.2 Å². The van der Waals surface area contributed by atoms with Gasteiger partial charge in [0.1, 0.15) is 4.90 Å². The minimum atomic E-state index is -3.84. The Bertz CT molecular complexity index is 835. The number of rotatable bonds is 8. The van der Waals surface area contributed by atoms with Crippen molar-refractivity contribution in [1.29, 1.82) is 0 Å². The summed E-state index contributed by atoms with van der Waals surface area (Å²) in [6.45, 7) is 4.06. The minimum absolute atomic E-state index is 0.0661. The lowest BCUT2D eigenvalue weighted by molar-refractivity contribution is 0.0696. The summed E-state index contributed by atoms with van der Waals surface area (Å²) in [6.07, 6.45) is 0.630. The Labute approximate surface area is 147 Å². The fourth-order valence-electron chi connectivity index (χ4n) is 2.23. The zero-order chi connectivity index (χ0) is 18.4. The highest BCUT2D eigenvalue weighted by atomic mass is 32.2. The second kappa shape index (κ2) is 8.13. The molecular formula is C18H22N2O4S. The number of hydrogen-bond acceptors (Lipinski definition) is 4. The molecule has 0 bridgehead atoms. The lowest BCUT2D eigenvalue weighted by Gasteiger charge is -2.17. The Morgan fingerprint density at radius 1 is 1.16 bits per heavy atom. The summed E-state index contributed by atoms with van der Waals surface area (Å²) in [5.74, 6) is -1.17. The first-order valence-corrected chi connectivity index (χ1v) is 9.49. The third-order valence-corrected chi connectivity index (χ3v) is 5.44. The first kappa shape index (κ1) is 19.0. The van der Waals surface area contributed by atoms with Crippen LogP contribution in [0.25, 0.3) is 0 Å². The van der Waals surface area contributed by atoms with Gasteiger partial charge in [-0.15, -0.1) is 0 Å². The second-order valence-electron chi connectivity index (χ2n) is 5.79. The normalized spacial score (nSPS) is 12.6. The SMILES string of the molecule is CC[C@@H](C)NS(=O)(=O)c1cc(C(=O)O)ccc1NCc1ccccc1. The van der Waals surface area contributed by atoms with Crippen molar-refractivity contribution >= 4 is 21.7 Å². The largest absolute Gasteiger partial charge is 0.478 e. The summed E-state index contributed by atoms with van der Waals surface area (Å²) in [7, 11) is -3.84. The topological polar surface area (TPSA) is 95.5 Å². The molecule has 1 atom stereocenters. The standard InChI is InChI=1S/C18H22N2O4S/c1-3-13(2)20-25(23,24)17-11-15(18(21)22)9-10-16(17)19-12-14-7-5-4-6-8-14/h4-11,13,19-20H,3,12H2,1-2H3,(H,21,22)/t13-/m1/s1. The predicted octanol–water partition coefficient (Wildman–Crippen LogP) is 3.07. The fraction of sp³-hybridized carbons (Fsp3) is 0.278. The van der Waals surface area contributed by atoms with Gasteiger partial charge in [-0.2, -0.15) is 0 Å². The molecule has 7 heteroatoms. The molecule has 0 saturated carbocycles. The van der Waals surface area contributed by atoms with Crippen molar-refractivity contribution in [3.63, 3.8) is 0 Å². The van der Waals surface area contributed by atoms with Gasteiger partial charge >= 0.3 is 5.97 Å². The van der Waals surface area contributed by atoms with Crippen LogP contribution < -0.4 is 10.0 Å². The molecule has 0 aliphatic rings. The molecule has 0 heterocycles. The Hall–Kier alpha value is -2.38. The average molecular weight is 362 g/mol. The van der Waals surface area contributed by atoms with Crippen LogP contribution >= 0.6 is 0 Å². The number of anilines is 1. The van der Waals surface area contributed by atoms with Gasteiger partial charge in [0.15, 0.2) is 0 Å². The van der Waals surface area contributed by atoms with E-state index in [0.717, 1.165) is 5.56 Å². The van der Waals surface area contributed by atoms with Crippen LogP contribution in [0, 0.1) is 0 Å². The van der Waals surface area contributed by atoms with Crippen molar-refractivity contribution in [2.45, 2.75) is 37.8 Å². The molecule has 0 amide bonds. The molecule has 0 unspecified atom stereocenters. The van der Waals surface area contributed by atoms with E-state index in [1.807, 2.05) is 37.3 Å². The average Bonchev–Trinajstić information content (AvgIpc) is 2.60. The maximum atomic E-state index is 12.7. The Balaban J connectivity index is 2.36. The van der Waals surface area contributed by atoms with Crippen molar-refractivity contribution in [3.05, 3.63) is 59.7 Å². The number of sulfonamides is 1. The number of carboxylic acids is 1. The van der Waals surface area contributed by atoms with Gasteiger partial charge in [0, 0.05) is 12.6 Å². The van der Waals surface area contributed by atoms with Gasteiger partial charge in [0.05, 0.1) is 11.3 Å². The molecule has 0 aliphatic heterocycles. The number of carboxylic acid groups (broad SMARTS) is 1. The molecule has 3 N–H and O–H groups in total. The van der Waals surface area contributed by atoms with Gasteiger partial charge in [-0.3, -0.25) is 0 Å². The summed E-state index contributed by atoms with van der Waals surface area (Å²) >= 11 is 0. The van der Waals surface area contributed by atoms with Crippen molar-refractivity contribution in [2.24, 2.45) is 0 Å². The highest BCUT2D eigenvalue weighted by molar-refractivity contribution is 7.89. The number of benzene rings is 2. The third kappa shape index (κ3) is 5.04. The smallest absolute Gasteiger partial charge is 0.335 e. The first-order chi connectivity index (χ1) is 11.8. The van der Waals surface area contributed by atoms with Crippen LogP contribution in [-0.2, 0) is 16.6 Å². The van der Waals surface area contributed by atoms with E-state index in [-0.39, 0.29) is 16.5 Å². The Morgan fingerprint density at radius 2 is 1.84 bits per heavy atom. The Morgan fingerprint density at radius 3 is 2.44 bits per heavy atom. The zero-order valence-corrected chi connectivity index (χ0v) is 15.0. The van der Waals surface area contributed by atoms with E-state index in [1.165, 1.54) is 18.2 Å². The summed E-state index contributed by atoms with van der Waals surface area (Å²) in [6, 6.07) is 13.3. The summed E-state index contributed by atoms with van der Waals surface area (Å²) < 4.78 is 27.9. The number of carbonyl (C=O) groups is 1. The molecule has 25 heavy (non-hydrogen) atoms. The molecule has 2 aromatic rings. The fourth-order valence-corrected chi connectivity index (χ4v) is 3.76. The lowest BCUT2D eigenvalue weighted by atomic mass is 10.2. The summed E-state index contributed by atoms with van der Waals surface area (Å²) in [4.78, 5) is 11.1. The zero-order valence-electron chi connectivity index (χ0n) is 14.2. The molecule has 0 aromatic heterocycles. The van der Waals surface area contributed by atoms with Crippen molar-refractivity contribution in [3.8, 4) is 0 Å². The summed E-state index contributed by atoms with van der Waals surface area (Å²) in [5.41, 5.74) is 1.28. The van der Waals surface area contributed by atoms with E-state index in [1.54, 1.807) is 6.92 Å². The minimum Gasteiger partial charge on any atom is -0.478 e. The predicted molar refractivity (Wildman–Crippen MR) is 97.2 cm³/mol. The quantitative estimate of drug-likeness (QED) is 0.671. The molecule has 2 rings (SSSR count). The van der Waals surface area contributed by atoms with Crippen LogP contribution in [0.2, 0.25) is 0 Å². The van der Waals surface area contributed by atoms with Crippen LogP contribution in [0.15, 0.2) is 53.4 Å². The van der Waals surface area contributed by atoms with Crippen molar-refractivity contribution < 1.29 is 18.3 Å². The first-order valence-electron chi connectivity index (χ1n) is 8.01. The molecule has 6 nitrogen and oxygen atoms in total. The molecule has 0 spiro atoms. The van der Waals surface area contributed by atoms with Crippen LogP contribution in [0.4, 0.5) is 5.69 Å². The second-order valence-corrected chi connectivity index (χ2v) is 7.47. The van der Waals surface area contributed by atoms with Crippen molar-refractivity contribution in [1.82, 2.24) is 4.72 Å². The highest BCUT2D eigenvalue weighted by Gasteiger charge is 2.22. The van der Waals surface area contributed by atoms with Gasteiger partial charge in [0.2, 0.25) is 10.0 Å². The van der Waals surface area contributed by atoms with E-state index >= 15 is 0 Å². The highest BCUT2D eigenvalue weighted by Crippen LogP contribution is 2.24. The number of hydrogen-bond donors (Lipinski definition) is 3. The van der Waals surface area contributed by atoms with E-state index in [4.69, 9.17) is 5.11 Å². The maximum absolute atomic E-state index is 12.7. The monoisotopic (exact) mass is 362 g/mol. The van der Waals surface area contributed by atoms with Gasteiger partial charge in [-0.1, -0.05) is 37.3 Å². The lowest BCUT2D eigenvalue weighted by Crippen LogP contribution is -2.32. The molecule has 0 saturated heterocycles. The molecule has 2 aromatic carbocycles. The van der Waals surface area contributed by atoms with E-state index < -0.39 is 16.0 Å². The van der Waals surface area contributed by atoms with Crippen LogP contribution in [0.3, 0.4) is 0 Å². The van der Waals surface area contributed by atoms with E-state index in [9.17, 15) is 13.2 Å². The summed E-state index contributed by atoms with van der Waals surface area (Å²) in [5, 5.41) is 12.2. The van der Waals surface area contributed by atoms with Crippen molar-refractivity contribution in [2.75, 3.05) is 5.32 Å². The molecule has 134 valence electrons. The van der Waals surface area contributed by atoms with E-state index in [2.05, 4.69) is 10.0 Å². The van der Waals surface area contributed by atoms with Gasteiger partial charge in [-0.05, 0) is 37.1 Å². The number of aromatic carboxylic acids is 1. The van der Waals surface area contributed by atoms with Gasteiger partial charge < -0.3 is 10.4 Å². The third-order valence-electron chi connectivity index (χ3n) is 3.81. The number of nitrogens with one attached hydrogen (secondary N) is 2. The molecule has 0 fully saturated rings. The maximum Gasteiger partial charge on any atom is 0.335 e. The molecule has 0 radical (unpaired) electrons. The van der Waals surface area contributed by atoms with Crippen LogP contribution in [-0.4, -0.2) is 25.5 Å². The molecular weight excluding hydrogens is 340 g/mol. The Kier molecular flexibility index (Phi) is 6.17. The van der Waals surface area contributed by atoms with E-state index in [0.29, 0.717) is 18.7 Å². The van der Waals surface area contributed by atoms with Gasteiger partial charge in [-0.25, -0.2) is 17.9 Å². The van der Waals surface area contributed by atoms with Crippen LogP contribution in [0.5, 0.6) is 0 Å². The molecule has 0 aliphatic carbocycles. The van der Waals surface area contributed by atoms with Gasteiger partial charge in [0.25, 0.3) is 0 Å².